The van der Waals surface area contributed by atoms with E-state index >= 15 is 0 Å². The summed E-state index contributed by atoms with van der Waals surface area (Å²) in [7, 11) is 1.38. The first-order valence-corrected chi connectivity index (χ1v) is 5.38. The number of methoxy groups -OCH3 is 1. The van der Waals surface area contributed by atoms with Crippen LogP contribution in [0.15, 0.2) is 24.5 Å². The number of aromatic nitrogens is 2. The van der Waals surface area contributed by atoms with E-state index in [1.807, 2.05) is 12.1 Å². The van der Waals surface area contributed by atoms with Crippen molar-refractivity contribution in [2.24, 2.45) is 0 Å². The molecule has 5 nitrogen and oxygen atoms in total. The van der Waals surface area contributed by atoms with Crippen LogP contribution in [0, 0.1) is 28.5 Å². The summed E-state index contributed by atoms with van der Waals surface area (Å²) in [5.74, 6) is -0.349. The van der Waals surface area contributed by atoms with E-state index in [4.69, 9.17) is 15.3 Å². The number of ether oxygens (including phenoxy) is 1. The lowest BCUT2D eigenvalue weighted by atomic mass is 10.2. The molecule has 0 amide bonds. The zero-order valence-electron chi connectivity index (χ0n) is 10.1. The van der Waals surface area contributed by atoms with Gasteiger partial charge in [0.2, 0.25) is 0 Å². The Bertz CT molecular complexity index is 694. The average molecular weight is 256 g/mol. The van der Waals surface area contributed by atoms with Crippen LogP contribution in [0.25, 0.3) is 0 Å². The van der Waals surface area contributed by atoms with Gasteiger partial charge in [-0.2, -0.15) is 10.5 Å². The van der Waals surface area contributed by atoms with Gasteiger partial charge < -0.3 is 9.30 Å². The van der Waals surface area contributed by atoms with Crippen LogP contribution in [-0.2, 0) is 6.54 Å². The van der Waals surface area contributed by atoms with Crippen molar-refractivity contribution in [3.8, 4) is 17.9 Å². The fourth-order valence-corrected chi connectivity index (χ4v) is 1.72. The van der Waals surface area contributed by atoms with Crippen LogP contribution in [-0.4, -0.2) is 16.7 Å². The molecule has 0 bridgehead atoms. The first-order valence-electron chi connectivity index (χ1n) is 5.38. The SMILES string of the molecule is COc1cccc(Cn2cnc(C#N)c2C#N)c1F. The summed E-state index contributed by atoms with van der Waals surface area (Å²) in [5.41, 5.74) is 0.508. The maximum absolute atomic E-state index is 14.0. The minimum Gasteiger partial charge on any atom is -0.494 e. The first-order chi connectivity index (χ1) is 9.21. The third-order valence-electron chi connectivity index (χ3n) is 2.65. The van der Waals surface area contributed by atoms with Crippen LogP contribution >= 0.6 is 0 Å². The Morgan fingerprint density at radius 2 is 2.16 bits per heavy atom. The van der Waals surface area contributed by atoms with Gasteiger partial charge in [-0.3, -0.25) is 0 Å². The summed E-state index contributed by atoms with van der Waals surface area (Å²) < 4.78 is 20.3. The zero-order valence-corrected chi connectivity index (χ0v) is 10.1. The van der Waals surface area contributed by atoms with Crippen molar-refractivity contribution in [2.75, 3.05) is 7.11 Å². The molecular weight excluding hydrogens is 247 g/mol. The smallest absolute Gasteiger partial charge is 0.176 e. The number of benzene rings is 1. The highest BCUT2D eigenvalue weighted by Crippen LogP contribution is 2.21. The molecule has 0 unspecified atom stereocenters. The van der Waals surface area contributed by atoms with E-state index < -0.39 is 5.82 Å². The molecule has 0 saturated heterocycles. The van der Waals surface area contributed by atoms with Gasteiger partial charge in [0.1, 0.15) is 12.1 Å². The van der Waals surface area contributed by atoms with Crippen LogP contribution in [0.3, 0.4) is 0 Å². The predicted molar refractivity (Wildman–Crippen MR) is 63.7 cm³/mol. The molecule has 2 rings (SSSR count). The molecule has 0 fully saturated rings. The number of hydrogen-bond acceptors (Lipinski definition) is 4. The molecule has 0 atom stereocenters. The second-order valence-corrected chi connectivity index (χ2v) is 3.73. The largest absolute Gasteiger partial charge is 0.494 e. The average Bonchev–Trinajstić information content (AvgIpc) is 2.83. The highest BCUT2D eigenvalue weighted by atomic mass is 19.1. The van der Waals surface area contributed by atoms with Crippen molar-refractivity contribution in [2.45, 2.75) is 6.54 Å². The summed E-state index contributed by atoms with van der Waals surface area (Å²) in [6, 6.07) is 8.46. The zero-order chi connectivity index (χ0) is 13.8. The molecular formula is C13H9FN4O. The molecule has 2 aromatic rings. The lowest BCUT2D eigenvalue weighted by Gasteiger charge is -2.08. The summed E-state index contributed by atoms with van der Waals surface area (Å²) in [4.78, 5) is 3.80. The van der Waals surface area contributed by atoms with Crippen LogP contribution in [0.2, 0.25) is 0 Å². The van der Waals surface area contributed by atoms with E-state index in [-0.39, 0.29) is 23.7 Å². The maximum atomic E-state index is 14.0. The summed E-state index contributed by atoms with van der Waals surface area (Å²) in [6.45, 7) is 0.112. The molecule has 1 heterocycles. The molecule has 0 aliphatic carbocycles. The number of hydrogen-bond donors (Lipinski definition) is 0. The molecule has 0 N–H and O–H groups in total. The number of rotatable bonds is 3. The first kappa shape index (κ1) is 12.6. The molecule has 0 spiro atoms. The van der Waals surface area contributed by atoms with Gasteiger partial charge in [-0.15, -0.1) is 0 Å². The lowest BCUT2D eigenvalue weighted by Crippen LogP contribution is -2.04. The van der Waals surface area contributed by atoms with Crippen LogP contribution in [0.4, 0.5) is 4.39 Å². The fourth-order valence-electron chi connectivity index (χ4n) is 1.72. The van der Waals surface area contributed by atoms with E-state index in [1.165, 1.54) is 24.1 Å². The minimum absolute atomic E-state index is 0.0332. The van der Waals surface area contributed by atoms with E-state index in [0.717, 1.165) is 0 Å². The minimum atomic E-state index is -0.485. The van der Waals surface area contributed by atoms with E-state index in [1.54, 1.807) is 12.1 Å². The Hall–Kier alpha value is -2.86. The van der Waals surface area contributed by atoms with Crippen molar-refractivity contribution in [3.05, 3.63) is 47.3 Å². The Morgan fingerprint density at radius 1 is 1.37 bits per heavy atom. The van der Waals surface area contributed by atoms with Crippen LogP contribution < -0.4 is 4.74 Å². The second kappa shape index (κ2) is 5.19. The normalized spacial score (nSPS) is 9.68. The number of halogens is 1. The summed E-state index contributed by atoms with van der Waals surface area (Å²) >= 11 is 0. The second-order valence-electron chi connectivity index (χ2n) is 3.73. The van der Waals surface area contributed by atoms with E-state index in [0.29, 0.717) is 5.56 Å². The predicted octanol–water partition coefficient (Wildman–Crippen LogP) is 1.82. The molecule has 1 aromatic heterocycles. The Kier molecular flexibility index (Phi) is 3.44. The van der Waals surface area contributed by atoms with E-state index in [2.05, 4.69) is 4.98 Å². The molecule has 19 heavy (non-hydrogen) atoms. The number of nitrogens with zero attached hydrogens (tertiary/aromatic N) is 4. The van der Waals surface area contributed by atoms with Crippen molar-refractivity contribution in [1.29, 1.82) is 10.5 Å². The van der Waals surface area contributed by atoms with Gasteiger partial charge >= 0.3 is 0 Å². The van der Waals surface area contributed by atoms with Gasteiger partial charge in [-0.25, -0.2) is 9.37 Å². The van der Waals surface area contributed by atoms with Crippen LogP contribution in [0.5, 0.6) is 5.75 Å². The molecule has 6 heteroatoms. The van der Waals surface area contributed by atoms with E-state index in [9.17, 15) is 4.39 Å². The topological polar surface area (TPSA) is 74.6 Å². The molecule has 0 saturated carbocycles. The highest BCUT2D eigenvalue weighted by Gasteiger charge is 2.13. The van der Waals surface area contributed by atoms with Gasteiger partial charge in [0.05, 0.1) is 20.0 Å². The standard InChI is InChI=1S/C13H9FN4O/c1-19-12-4-2-3-9(13(12)14)7-18-8-17-10(5-15)11(18)6-16/h2-4,8H,7H2,1H3. The number of nitriles is 2. The van der Waals surface area contributed by atoms with Gasteiger partial charge in [0, 0.05) is 5.56 Å². The van der Waals surface area contributed by atoms with Crippen molar-refractivity contribution in [3.63, 3.8) is 0 Å². The third-order valence-corrected chi connectivity index (χ3v) is 2.65. The monoisotopic (exact) mass is 256 g/mol. The molecule has 0 aliphatic heterocycles. The fraction of sp³-hybridized carbons (Fsp3) is 0.154. The molecule has 0 aliphatic rings. The maximum Gasteiger partial charge on any atom is 0.176 e. The number of imidazole rings is 1. The third kappa shape index (κ3) is 2.24. The van der Waals surface area contributed by atoms with Gasteiger partial charge in [-0.05, 0) is 6.07 Å². The van der Waals surface area contributed by atoms with Gasteiger partial charge in [0.15, 0.2) is 23.0 Å². The Balaban J connectivity index is 2.41. The quantitative estimate of drug-likeness (QED) is 0.839. The van der Waals surface area contributed by atoms with Crippen LogP contribution in [0.1, 0.15) is 17.0 Å². The van der Waals surface area contributed by atoms with Gasteiger partial charge in [0.25, 0.3) is 0 Å². The van der Waals surface area contributed by atoms with Crippen molar-refractivity contribution < 1.29 is 9.13 Å². The van der Waals surface area contributed by atoms with Crippen molar-refractivity contribution in [1.82, 2.24) is 9.55 Å². The molecule has 0 radical (unpaired) electrons. The Morgan fingerprint density at radius 3 is 2.79 bits per heavy atom. The Labute approximate surface area is 109 Å². The summed E-state index contributed by atoms with van der Waals surface area (Å²) in [6.07, 6.45) is 1.34. The van der Waals surface area contributed by atoms with Gasteiger partial charge in [-0.1, -0.05) is 12.1 Å². The molecule has 1 aromatic carbocycles. The highest BCUT2D eigenvalue weighted by molar-refractivity contribution is 5.37. The summed E-state index contributed by atoms with van der Waals surface area (Å²) in [5, 5.41) is 17.8. The van der Waals surface area contributed by atoms with Crippen molar-refractivity contribution >= 4 is 0 Å². The lowest BCUT2D eigenvalue weighted by molar-refractivity contribution is 0.383. The molecule has 94 valence electrons.